The summed E-state index contributed by atoms with van der Waals surface area (Å²) in [6, 6.07) is 13.5. The highest BCUT2D eigenvalue weighted by Crippen LogP contribution is 2.19. The Morgan fingerprint density at radius 3 is 2.54 bits per heavy atom. The Balaban J connectivity index is 1.73. The number of aryl methyl sites for hydroxylation is 1. The van der Waals surface area contributed by atoms with Crippen LogP contribution in [-0.2, 0) is 21.2 Å². The van der Waals surface area contributed by atoms with Crippen molar-refractivity contribution in [3.63, 3.8) is 0 Å². The van der Waals surface area contributed by atoms with Crippen molar-refractivity contribution in [2.75, 3.05) is 6.26 Å². The number of esters is 1. The van der Waals surface area contributed by atoms with Crippen molar-refractivity contribution in [1.29, 1.82) is 0 Å². The van der Waals surface area contributed by atoms with Gasteiger partial charge in [0.1, 0.15) is 0 Å². The van der Waals surface area contributed by atoms with Crippen LogP contribution in [0.15, 0.2) is 57.8 Å². The second kappa shape index (κ2) is 7.09. The minimum atomic E-state index is -3.42. The summed E-state index contributed by atoms with van der Waals surface area (Å²) >= 11 is 0. The monoisotopic (exact) mass is 372 g/mol. The zero-order valence-electron chi connectivity index (χ0n) is 14.2. The van der Waals surface area contributed by atoms with Gasteiger partial charge in [0.25, 0.3) is 5.89 Å². The van der Waals surface area contributed by atoms with Gasteiger partial charge in [-0.1, -0.05) is 24.3 Å². The van der Waals surface area contributed by atoms with Crippen molar-refractivity contribution in [3.8, 4) is 11.5 Å². The lowest BCUT2D eigenvalue weighted by molar-refractivity contribution is 0.0437. The highest BCUT2D eigenvalue weighted by molar-refractivity contribution is 7.90. The highest BCUT2D eigenvalue weighted by atomic mass is 32.2. The molecule has 0 aliphatic heterocycles. The van der Waals surface area contributed by atoms with Crippen molar-refractivity contribution in [2.24, 2.45) is 0 Å². The van der Waals surface area contributed by atoms with Gasteiger partial charge < -0.3 is 9.15 Å². The SMILES string of the molecule is Cc1ccc(S(C)(=O)=O)cc1C(=O)OCc1nnc(-c2ccccc2)o1. The summed E-state index contributed by atoms with van der Waals surface area (Å²) < 4.78 is 34.0. The van der Waals surface area contributed by atoms with Crippen LogP contribution in [0.2, 0.25) is 0 Å². The van der Waals surface area contributed by atoms with E-state index < -0.39 is 15.8 Å². The molecule has 0 saturated heterocycles. The number of carbonyl (C=O) groups excluding carboxylic acids is 1. The summed E-state index contributed by atoms with van der Waals surface area (Å²) in [6.07, 6.45) is 1.08. The van der Waals surface area contributed by atoms with Crippen LogP contribution in [0, 0.1) is 6.92 Å². The standard InChI is InChI=1S/C18H16N2O5S/c1-12-8-9-14(26(2,22)23)10-15(12)18(21)24-11-16-19-20-17(25-16)13-6-4-3-5-7-13/h3-10H,11H2,1-2H3. The minimum absolute atomic E-state index is 0.0548. The van der Waals surface area contributed by atoms with Crippen molar-refractivity contribution >= 4 is 15.8 Å². The molecule has 2 aromatic carbocycles. The van der Waals surface area contributed by atoms with Gasteiger partial charge in [0, 0.05) is 11.8 Å². The normalized spacial score (nSPS) is 11.3. The molecule has 0 N–H and O–H groups in total. The molecule has 0 atom stereocenters. The number of benzene rings is 2. The van der Waals surface area contributed by atoms with Crippen molar-refractivity contribution in [1.82, 2.24) is 10.2 Å². The van der Waals surface area contributed by atoms with Crippen LogP contribution < -0.4 is 0 Å². The first-order chi connectivity index (χ1) is 12.3. The lowest BCUT2D eigenvalue weighted by Crippen LogP contribution is -2.09. The zero-order valence-corrected chi connectivity index (χ0v) is 15.0. The van der Waals surface area contributed by atoms with E-state index in [1.165, 1.54) is 12.1 Å². The molecule has 0 fully saturated rings. The van der Waals surface area contributed by atoms with Crippen molar-refractivity contribution in [2.45, 2.75) is 18.4 Å². The lowest BCUT2D eigenvalue weighted by Gasteiger charge is -2.07. The van der Waals surface area contributed by atoms with E-state index in [0.717, 1.165) is 11.8 Å². The maximum absolute atomic E-state index is 12.3. The molecule has 0 radical (unpaired) electrons. The molecule has 0 unspecified atom stereocenters. The lowest BCUT2D eigenvalue weighted by atomic mass is 10.1. The number of hydrogen-bond acceptors (Lipinski definition) is 7. The van der Waals surface area contributed by atoms with Gasteiger partial charge in [0.15, 0.2) is 16.4 Å². The summed E-state index contributed by atoms with van der Waals surface area (Å²) in [5, 5.41) is 7.76. The fraction of sp³-hybridized carbons (Fsp3) is 0.167. The molecule has 7 nitrogen and oxygen atoms in total. The smallest absolute Gasteiger partial charge is 0.338 e. The molecule has 0 aliphatic rings. The Kier molecular flexibility index (Phi) is 4.85. The highest BCUT2D eigenvalue weighted by Gasteiger charge is 2.17. The summed E-state index contributed by atoms with van der Waals surface area (Å²) in [6.45, 7) is 1.49. The van der Waals surface area contributed by atoms with Crippen LogP contribution in [0.25, 0.3) is 11.5 Å². The van der Waals surface area contributed by atoms with Crippen LogP contribution in [0.1, 0.15) is 21.8 Å². The molecule has 0 amide bonds. The summed E-state index contributed by atoms with van der Waals surface area (Å²) in [7, 11) is -3.42. The Labute approximate surface area is 150 Å². The molecule has 1 aromatic heterocycles. The third-order valence-corrected chi connectivity index (χ3v) is 4.78. The third-order valence-electron chi connectivity index (χ3n) is 3.67. The number of ether oxygens (including phenoxy) is 1. The van der Waals surface area contributed by atoms with E-state index in [9.17, 15) is 13.2 Å². The molecule has 8 heteroatoms. The first-order valence-corrected chi connectivity index (χ1v) is 9.59. The van der Waals surface area contributed by atoms with Gasteiger partial charge in [-0.25, -0.2) is 13.2 Å². The van der Waals surface area contributed by atoms with Crippen LogP contribution in [0.4, 0.5) is 0 Å². The first-order valence-electron chi connectivity index (χ1n) is 7.70. The molecule has 3 aromatic rings. The fourth-order valence-corrected chi connectivity index (χ4v) is 2.91. The van der Waals surface area contributed by atoms with Crippen LogP contribution in [0.5, 0.6) is 0 Å². The predicted molar refractivity (Wildman–Crippen MR) is 93.1 cm³/mol. The number of hydrogen-bond donors (Lipinski definition) is 0. The average molecular weight is 372 g/mol. The van der Waals surface area contributed by atoms with E-state index in [0.29, 0.717) is 11.5 Å². The van der Waals surface area contributed by atoms with Crippen molar-refractivity contribution < 1.29 is 22.4 Å². The Morgan fingerprint density at radius 1 is 1.12 bits per heavy atom. The summed E-state index contributed by atoms with van der Waals surface area (Å²) in [5.41, 5.74) is 1.54. The summed E-state index contributed by atoms with van der Waals surface area (Å²) in [4.78, 5) is 12.3. The van der Waals surface area contributed by atoms with Crippen LogP contribution >= 0.6 is 0 Å². The number of sulfone groups is 1. The molecule has 0 spiro atoms. The topological polar surface area (TPSA) is 99.4 Å². The molecule has 134 valence electrons. The average Bonchev–Trinajstić information content (AvgIpc) is 3.09. The zero-order chi connectivity index (χ0) is 18.7. The van der Waals surface area contributed by atoms with E-state index in [1.807, 2.05) is 30.3 Å². The molecule has 0 saturated carbocycles. The maximum Gasteiger partial charge on any atom is 0.338 e. The first kappa shape index (κ1) is 17.8. The Hall–Kier alpha value is -3.00. The number of aromatic nitrogens is 2. The molecule has 26 heavy (non-hydrogen) atoms. The molecular formula is C18H16N2O5S. The quantitative estimate of drug-likeness (QED) is 0.635. The minimum Gasteiger partial charge on any atom is -0.452 e. The number of carbonyl (C=O) groups is 1. The predicted octanol–water partition coefficient (Wildman–Crippen LogP) is 2.81. The van der Waals surface area contributed by atoms with Crippen LogP contribution in [0.3, 0.4) is 0 Å². The second-order valence-electron chi connectivity index (χ2n) is 5.69. The third kappa shape index (κ3) is 3.97. The van der Waals surface area contributed by atoms with Gasteiger partial charge in [-0.05, 0) is 36.8 Å². The van der Waals surface area contributed by atoms with Gasteiger partial charge in [0.2, 0.25) is 5.89 Å². The van der Waals surface area contributed by atoms with Gasteiger partial charge in [-0.3, -0.25) is 0 Å². The van der Waals surface area contributed by atoms with E-state index in [4.69, 9.17) is 9.15 Å². The molecular weight excluding hydrogens is 356 g/mol. The maximum atomic E-state index is 12.3. The van der Waals surface area contributed by atoms with Gasteiger partial charge in [-0.2, -0.15) is 0 Å². The van der Waals surface area contributed by atoms with E-state index in [-0.39, 0.29) is 23.0 Å². The molecule has 3 rings (SSSR count). The Morgan fingerprint density at radius 2 is 1.85 bits per heavy atom. The molecule has 0 bridgehead atoms. The fourth-order valence-electron chi connectivity index (χ4n) is 2.27. The van der Waals surface area contributed by atoms with Crippen molar-refractivity contribution in [3.05, 3.63) is 65.5 Å². The van der Waals surface area contributed by atoms with Gasteiger partial charge in [-0.15, -0.1) is 10.2 Å². The van der Waals surface area contributed by atoms with E-state index in [2.05, 4.69) is 10.2 Å². The van der Waals surface area contributed by atoms with E-state index >= 15 is 0 Å². The number of rotatable bonds is 5. The Bertz CT molecular complexity index is 1040. The van der Waals surface area contributed by atoms with Crippen LogP contribution in [-0.4, -0.2) is 30.8 Å². The largest absolute Gasteiger partial charge is 0.452 e. The number of nitrogens with zero attached hydrogens (tertiary/aromatic N) is 2. The molecule has 1 heterocycles. The van der Waals surface area contributed by atoms with Gasteiger partial charge >= 0.3 is 5.97 Å². The molecule has 0 aliphatic carbocycles. The second-order valence-corrected chi connectivity index (χ2v) is 7.71. The van der Waals surface area contributed by atoms with Gasteiger partial charge in [0.05, 0.1) is 10.5 Å². The van der Waals surface area contributed by atoms with E-state index in [1.54, 1.807) is 13.0 Å². The summed E-state index contributed by atoms with van der Waals surface area (Å²) in [5.74, 6) is -0.187.